The number of carboxylic acids is 1. The highest BCUT2D eigenvalue weighted by Crippen LogP contribution is 2.55. The van der Waals surface area contributed by atoms with Crippen molar-refractivity contribution in [3.63, 3.8) is 0 Å². The van der Waals surface area contributed by atoms with E-state index in [2.05, 4.69) is 10.6 Å². The monoisotopic (exact) mass is 342 g/mol. The maximum atomic E-state index is 12.5. The average Bonchev–Trinajstić information content (AvgIpc) is 2.52. The summed E-state index contributed by atoms with van der Waals surface area (Å²) in [5.41, 5.74) is 1.73. The summed E-state index contributed by atoms with van der Waals surface area (Å²) < 4.78 is 0. The molecule has 4 aliphatic carbocycles. The topological polar surface area (TPSA) is 78.4 Å². The molecule has 4 fully saturated rings. The van der Waals surface area contributed by atoms with Gasteiger partial charge in [-0.05, 0) is 80.4 Å². The summed E-state index contributed by atoms with van der Waals surface area (Å²) in [6.07, 6.45) is 8.14. The molecule has 2 amide bonds. The Hall–Kier alpha value is -2.04. The molecule has 3 N–H and O–H groups in total. The molecule has 0 unspecified atom stereocenters. The largest absolute Gasteiger partial charge is 0.481 e. The molecule has 0 aliphatic heterocycles. The first kappa shape index (κ1) is 16.4. The lowest BCUT2D eigenvalue weighted by molar-refractivity contribution is -0.136. The van der Waals surface area contributed by atoms with Crippen molar-refractivity contribution < 1.29 is 14.7 Å². The lowest BCUT2D eigenvalue weighted by atomic mass is 9.53. The Kier molecular flexibility index (Phi) is 4.18. The maximum absolute atomic E-state index is 12.5. The molecule has 5 rings (SSSR count). The number of rotatable bonds is 5. The van der Waals surface area contributed by atoms with E-state index >= 15 is 0 Å². The summed E-state index contributed by atoms with van der Waals surface area (Å²) in [5.74, 6) is 1.62. The van der Waals surface area contributed by atoms with Crippen LogP contribution in [0.15, 0.2) is 24.3 Å². The molecule has 0 aromatic heterocycles. The zero-order valence-electron chi connectivity index (χ0n) is 14.5. The third-order valence-electron chi connectivity index (χ3n) is 6.26. The van der Waals surface area contributed by atoms with Crippen molar-refractivity contribution in [2.24, 2.45) is 17.8 Å². The molecule has 1 aromatic carbocycles. The van der Waals surface area contributed by atoms with Gasteiger partial charge in [-0.25, -0.2) is 4.79 Å². The summed E-state index contributed by atoms with van der Waals surface area (Å²) in [6, 6.07) is 7.33. The number of amides is 2. The molecule has 4 bridgehead atoms. The number of hydrogen-bond donors (Lipinski definition) is 3. The van der Waals surface area contributed by atoms with Crippen LogP contribution in [0.2, 0.25) is 0 Å². The Bertz CT molecular complexity index is 633. The highest BCUT2D eigenvalue weighted by Gasteiger charge is 2.51. The van der Waals surface area contributed by atoms with E-state index in [1.54, 1.807) is 0 Å². The van der Waals surface area contributed by atoms with Crippen LogP contribution in [0.4, 0.5) is 10.5 Å². The van der Waals surface area contributed by atoms with E-state index in [4.69, 9.17) is 5.11 Å². The van der Waals surface area contributed by atoms with Gasteiger partial charge in [0.2, 0.25) is 0 Å². The first-order chi connectivity index (χ1) is 12.0. The maximum Gasteiger partial charge on any atom is 0.319 e. The van der Waals surface area contributed by atoms with Crippen LogP contribution >= 0.6 is 0 Å². The van der Waals surface area contributed by atoms with E-state index in [1.165, 1.54) is 19.3 Å². The molecule has 0 spiro atoms. The summed E-state index contributed by atoms with van der Waals surface area (Å²) in [6.45, 7) is 0. The molecule has 0 radical (unpaired) electrons. The van der Waals surface area contributed by atoms with Crippen LogP contribution in [0.3, 0.4) is 0 Å². The summed E-state index contributed by atoms with van der Waals surface area (Å²) in [4.78, 5) is 23.1. The fourth-order valence-corrected chi connectivity index (χ4v) is 5.67. The molecule has 4 aliphatic rings. The Balaban J connectivity index is 1.34. The lowest BCUT2D eigenvalue weighted by Crippen LogP contribution is -2.60. The number of aliphatic carboxylic acids is 1. The van der Waals surface area contributed by atoms with Gasteiger partial charge in [0.15, 0.2) is 0 Å². The highest BCUT2D eigenvalue weighted by molar-refractivity contribution is 5.89. The number of carbonyl (C=O) groups excluding carboxylic acids is 1. The van der Waals surface area contributed by atoms with Gasteiger partial charge in [0.1, 0.15) is 0 Å². The molecule has 0 atom stereocenters. The molecule has 0 heterocycles. The number of aryl methyl sites for hydroxylation is 1. The van der Waals surface area contributed by atoms with Gasteiger partial charge >= 0.3 is 12.0 Å². The van der Waals surface area contributed by atoms with E-state index in [1.807, 2.05) is 24.3 Å². The Morgan fingerprint density at radius 2 is 1.56 bits per heavy atom. The predicted molar refractivity (Wildman–Crippen MR) is 95.5 cm³/mol. The van der Waals surface area contributed by atoms with Crippen molar-refractivity contribution in [1.82, 2.24) is 5.32 Å². The Morgan fingerprint density at radius 3 is 2.08 bits per heavy atom. The fourth-order valence-electron chi connectivity index (χ4n) is 5.67. The van der Waals surface area contributed by atoms with Crippen LogP contribution in [0.5, 0.6) is 0 Å². The van der Waals surface area contributed by atoms with E-state index < -0.39 is 5.97 Å². The number of anilines is 1. The van der Waals surface area contributed by atoms with Crippen molar-refractivity contribution >= 4 is 17.7 Å². The van der Waals surface area contributed by atoms with Crippen molar-refractivity contribution in [3.8, 4) is 0 Å². The van der Waals surface area contributed by atoms with Gasteiger partial charge in [0.25, 0.3) is 0 Å². The molecule has 1 aromatic rings. The predicted octanol–water partition coefficient (Wildman–Crippen LogP) is 3.79. The first-order valence-corrected chi connectivity index (χ1v) is 9.40. The summed E-state index contributed by atoms with van der Waals surface area (Å²) in [5, 5.41) is 15.0. The van der Waals surface area contributed by atoms with Crippen LogP contribution in [0.1, 0.15) is 50.5 Å². The lowest BCUT2D eigenvalue weighted by Gasteiger charge is -2.56. The third kappa shape index (κ3) is 3.65. The zero-order chi connectivity index (χ0) is 17.4. The van der Waals surface area contributed by atoms with Gasteiger partial charge in [0, 0.05) is 17.6 Å². The van der Waals surface area contributed by atoms with E-state index in [9.17, 15) is 9.59 Å². The zero-order valence-corrected chi connectivity index (χ0v) is 14.5. The molecule has 5 nitrogen and oxygen atoms in total. The number of urea groups is 1. The number of carboxylic acid groups (broad SMARTS) is 1. The van der Waals surface area contributed by atoms with Gasteiger partial charge < -0.3 is 15.7 Å². The highest BCUT2D eigenvalue weighted by atomic mass is 16.4. The van der Waals surface area contributed by atoms with Gasteiger partial charge in [-0.1, -0.05) is 12.1 Å². The standard InChI is InChI=1S/C20H26N2O3/c23-18(24)6-3-13-1-4-17(5-2-13)21-19(25)22-20-10-14-7-15(11-20)9-16(8-14)12-20/h1-2,4-5,14-16H,3,6-12H2,(H,23,24)(H2,21,22,25). The molecule has 25 heavy (non-hydrogen) atoms. The van der Waals surface area contributed by atoms with Gasteiger partial charge in [-0.3, -0.25) is 4.79 Å². The number of nitrogens with one attached hydrogen (secondary N) is 2. The quantitative estimate of drug-likeness (QED) is 0.762. The number of benzene rings is 1. The SMILES string of the molecule is O=C(O)CCc1ccc(NC(=O)NC23CC4CC(CC(C4)C2)C3)cc1. The third-order valence-corrected chi connectivity index (χ3v) is 6.26. The molecular weight excluding hydrogens is 316 g/mol. The average molecular weight is 342 g/mol. The number of hydrogen-bond acceptors (Lipinski definition) is 2. The Morgan fingerprint density at radius 1 is 1.00 bits per heavy atom. The van der Waals surface area contributed by atoms with Crippen molar-refractivity contribution in [2.45, 2.75) is 56.9 Å². The smallest absolute Gasteiger partial charge is 0.319 e. The van der Waals surface area contributed by atoms with E-state index in [0.29, 0.717) is 6.42 Å². The van der Waals surface area contributed by atoms with Crippen LogP contribution in [0, 0.1) is 17.8 Å². The van der Waals surface area contributed by atoms with Crippen LogP contribution in [-0.2, 0) is 11.2 Å². The minimum atomic E-state index is -0.794. The van der Waals surface area contributed by atoms with E-state index in [0.717, 1.165) is 48.3 Å². The number of carbonyl (C=O) groups is 2. The van der Waals surface area contributed by atoms with Crippen LogP contribution in [0.25, 0.3) is 0 Å². The minimum Gasteiger partial charge on any atom is -0.481 e. The minimum absolute atomic E-state index is 0.0141. The van der Waals surface area contributed by atoms with Crippen LogP contribution in [-0.4, -0.2) is 22.6 Å². The second kappa shape index (κ2) is 6.36. The van der Waals surface area contributed by atoms with Gasteiger partial charge in [-0.15, -0.1) is 0 Å². The van der Waals surface area contributed by atoms with Crippen LogP contribution < -0.4 is 10.6 Å². The molecule has 5 heteroatoms. The first-order valence-electron chi connectivity index (χ1n) is 9.40. The molecular formula is C20H26N2O3. The second-order valence-corrected chi connectivity index (χ2v) is 8.37. The normalized spacial score (nSPS) is 32.4. The van der Waals surface area contributed by atoms with Gasteiger partial charge in [0.05, 0.1) is 0 Å². The van der Waals surface area contributed by atoms with Crippen molar-refractivity contribution in [3.05, 3.63) is 29.8 Å². The molecule has 4 saturated carbocycles. The molecule has 0 saturated heterocycles. The van der Waals surface area contributed by atoms with Crippen molar-refractivity contribution in [1.29, 1.82) is 0 Å². The second-order valence-electron chi connectivity index (χ2n) is 8.37. The van der Waals surface area contributed by atoms with Crippen molar-refractivity contribution in [2.75, 3.05) is 5.32 Å². The fraction of sp³-hybridized carbons (Fsp3) is 0.600. The van der Waals surface area contributed by atoms with E-state index in [-0.39, 0.29) is 18.0 Å². The summed E-state index contributed by atoms with van der Waals surface area (Å²) in [7, 11) is 0. The Labute approximate surface area is 148 Å². The summed E-state index contributed by atoms with van der Waals surface area (Å²) >= 11 is 0. The van der Waals surface area contributed by atoms with Gasteiger partial charge in [-0.2, -0.15) is 0 Å². The molecule has 134 valence electrons.